The second kappa shape index (κ2) is 10.9. The van der Waals surface area contributed by atoms with Crippen LogP contribution in [-0.2, 0) is 0 Å². The molecule has 11 heteroatoms. The molecule has 0 unspecified atom stereocenters. The monoisotopic (exact) mass is 571 g/mol. The van der Waals surface area contributed by atoms with E-state index in [1.807, 2.05) is 35.7 Å². The van der Waals surface area contributed by atoms with Gasteiger partial charge in [0.15, 0.2) is 11.4 Å². The van der Waals surface area contributed by atoms with Crippen LogP contribution in [0.25, 0.3) is 16.6 Å². The van der Waals surface area contributed by atoms with Crippen LogP contribution in [0.5, 0.6) is 17.5 Å². The number of fused-ring (bicyclic) bond motifs is 2. The minimum Gasteiger partial charge on any atom is -0.467 e. The molecule has 0 bridgehead atoms. The molecule has 210 valence electrons. The number of halogens is 1. The van der Waals surface area contributed by atoms with Crippen molar-refractivity contribution in [2.24, 2.45) is 0 Å². The number of hydrogen-bond acceptors (Lipinski definition) is 8. The summed E-state index contributed by atoms with van der Waals surface area (Å²) >= 11 is 6.16. The molecule has 10 nitrogen and oxygen atoms in total. The zero-order chi connectivity index (χ0) is 28.7. The van der Waals surface area contributed by atoms with Gasteiger partial charge in [-0.3, -0.25) is 4.79 Å². The smallest absolute Gasteiger partial charge is 0.316 e. The first-order valence-electron chi connectivity index (χ1n) is 13.4. The third-order valence-corrected chi connectivity index (χ3v) is 7.19. The molecule has 1 fully saturated rings. The van der Waals surface area contributed by atoms with Gasteiger partial charge < -0.3 is 29.4 Å². The van der Waals surface area contributed by atoms with E-state index in [9.17, 15) is 4.79 Å². The zero-order valence-electron chi connectivity index (χ0n) is 23.2. The number of imidazole rings is 1. The Hall–Kier alpha value is -4.41. The van der Waals surface area contributed by atoms with E-state index in [1.165, 1.54) is 7.11 Å². The van der Waals surface area contributed by atoms with Crippen LogP contribution in [0, 0.1) is 6.92 Å². The lowest BCUT2D eigenvalue weighted by molar-refractivity contribution is 0.102. The van der Waals surface area contributed by atoms with E-state index >= 15 is 0 Å². The van der Waals surface area contributed by atoms with Gasteiger partial charge in [0, 0.05) is 65.9 Å². The Balaban J connectivity index is 1.37. The van der Waals surface area contributed by atoms with E-state index in [0.717, 1.165) is 29.9 Å². The molecule has 1 amide bonds. The number of carbonyl (C=O) groups excluding carboxylic acids is 1. The Bertz CT molecular complexity index is 1760. The number of ether oxygens (including phenoxy) is 2. The number of pyridine rings is 1. The number of carbonyl (C=O) groups is 1. The summed E-state index contributed by atoms with van der Waals surface area (Å²) in [5.74, 6) is 0.712. The highest BCUT2D eigenvalue weighted by molar-refractivity contribution is 6.30. The molecule has 3 aromatic heterocycles. The van der Waals surface area contributed by atoms with Crippen molar-refractivity contribution in [1.82, 2.24) is 24.7 Å². The first kappa shape index (κ1) is 26.8. The summed E-state index contributed by atoms with van der Waals surface area (Å²) in [6.07, 6.45) is 5.39. The summed E-state index contributed by atoms with van der Waals surface area (Å²) in [7, 11) is 1.51. The fourth-order valence-corrected chi connectivity index (χ4v) is 5.54. The van der Waals surface area contributed by atoms with Gasteiger partial charge in [-0.15, -0.1) is 0 Å². The van der Waals surface area contributed by atoms with Crippen molar-refractivity contribution >= 4 is 45.4 Å². The van der Waals surface area contributed by atoms with Crippen LogP contribution in [-0.4, -0.2) is 57.5 Å². The molecule has 0 radical (unpaired) electrons. The molecular formula is C30H30ClN7O3. The molecule has 1 aliphatic rings. The summed E-state index contributed by atoms with van der Waals surface area (Å²) in [6.45, 7) is 7.88. The van der Waals surface area contributed by atoms with Gasteiger partial charge in [-0.1, -0.05) is 17.7 Å². The van der Waals surface area contributed by atoms with Crippen molar-refractivity contribution in [3.63, 3.8) is 0 Å². The first-order valence-corrected chi connectivity index (χ1v) is 13.7. The summed E-state index contributed by atoms with van der Waals surface area (Å²) in [5.41, 5.74) is 3.85. The number of nitrogens with one attached hydrogen (secondary N) is 2. The van der Waals surface area contributed by atoms with Crippen molar-refractivity contribution in [2.75, 3.05) is 30.4 Å². The molecule has 2 atom stereocenters. The highest BCUT2D eigenvalue weighted by Gasteiger charge is 2.25. The minimum absolute atomic E-state index is 0.193. The van der Waals surface area contributed by atoms with Crippen molar-refractivity contribution in [3.8, 4) is 17.5 Å². The normalized spacial score (nSPS) is 17.1. The van der Waals surface area contributed by atoms with E-state index in [-0.39, 0.29) is 11.9 Å². The molecule has 0 saturated carbocycles. The van der Waals surface area contributed by atoms with Gasteiger partial charge in [-0.2, -0.15) is 4.98 Å². The van der Waals surface area contributed by atoms with Crippen LogP contribution in [0.2, 0.25) is 5.02 Å². The number of anilines is 2. The Labute approximate surface area is 242 Å². The molecule has 2 N–H and O–H groups in total. The topological polar surface area (TPSA) is 106 Å². The zero-order valence-corrected chi connectivity index (χ0v) is 23.9. The minimum atomic E-state index is -0.325. The highest BCUT2D eigenvalue weighted by atomic mass is 35.5. The second-order valence-corrected chi connectivity index (χ2v) is 10.8. The molecule has 0 aliphatic carbocycles. The lowest BCUT2D eigenvalue weighted by Crippen LogP contribution is -2.54. The molecule has 4 heterocycles. The highest BCUT2D eigenvalue weighted by Crippen LogP contribution is 2.33. The Morgan fingerprint density at radius 3 is 2.66 bits per heavy atom. The van der Waals surface area contributed by atoms with E-state index in [2.05, 4.69) is 44.3 Å². The molecule has 2 aromatic carbocycles. The second-order valence-electron chi connectivity index (χ2n) is 10.3. The van der Waals surface area contributed by atoms with Crippen molar-refractivity contribution in [3.05, 3.63) is 77.3 Å². The van der Waals surface area contributed by atoms with Gasteiger partial charge in [0.25, 0.3) is 5.91 Å². The van der Waals surface area contributed by atoms with Crippen molar-refractivity contribution in [2.45, 2.75) is 32.9 Å². The number of benzene rings is 2. The number of amides is 1. The summed E-state index contributed by atoms with van der Waals surface area (Å²) in [5, 5.41) is 7.92. The Kier molecular flexibility index (Phi) is 7.10. The van der Waals surface area contributed by atoms with E-state index in [0.29, 0.717) is 51.0 Å². The maximum atomic E-state index is 13.8. The fraction of sp³-hybridized carbons (Fsp3) is 0.267. The molecular weight excluding hydrogens is 542 g/mol. The average molecular weight is 572 g/mol. The van der Waals surface area contributed by atoms with Gasteiger partial charge in [-0.25, -0.2) is 9.97 Å². The van der Waals surface area contributed by atoms with Crippen LogP contribution in [0.4, 0.5) is 11.4 Å². The third-order valence-electron chi connectivity index (χ3n) is 6.95. The number of rotatable bonds is 6. The number of methoxy groups -OCH3 is 1. The predicted octanol–water partition coefficient (Wildman–Crippen LogP) is 5.48. The lowest BCUT2D eigenvalue weighted by atomic mass is 10.0. The van der Waals surface area contributed by atoms with E-state index < -0.39 is 0 Å². The fourth-order valence-electron chi connectivity index (χ4n) is 5.36. The standard InChI is InChI=1S/C30H30ClN7O3/c1-17-13-37(14-18(2)33-17)25-9-8-23(27-24(25)12-32-30(36-27)40-4)29(39)35-21-11-26(28-34-19(3)15-38(28)16-21)41-22-7-5-6-20(31)10-22/h5-12,15-18,33H,13-14H2,1-4H3,(H,35,39)/t17-,18+. The largest absolute Gasteiger partial charge is 0.467 e. The quantitative estimate of drug-likeness (QED) is 0.276. The first-order chi connectivity index (χ1) is 19.8. The van der Waals surface area contributed by atoms with Crippen LogP contribution in [0.15, 0.2) is 61.1 Å². The third kappa shape index (κ3) is 5.48. The van der Waals surface area contributed by atoms with Gasteiger partial charge in [0.05, 0.1) is 29.6 Å². The van der Waals surface area contributed by atoms with Crippen LogP contribution in [0.3, 0.4) is 0 Å². The van der Waals surface area contributed by atoms with Gasteiger partial charge in [0.1, 0.15) is 5.75 Å². The van der Waals surface area contributed by atoms with E-state index in [4.69, 9.17) is 21.1 Å². The summed E-state index contributed by atoms with van der Waals surface area (Å²) < 4.78 is 13.3. The summed E-state index contributed by atoms with van der Waals surface area (Å²) in [6, 6.07) is 13.5. The Morgan fingerprint density at radius 2 is 1.90 bits per heavy atom. The molecule has 5 aromatic rings. The number of aryl methyl sites for hydroxylation is 1. The van der Waals surface area contributed by atoms with Gasteiger partial charge in [-0.05, 0) is 51.1 Å². The van der Waals surface area contributed by atoms with Gasteiger partial charge >= 0.3 is 6.01 Å². The van der Waals surface area contributed by atoms with E-state index in [1.54, 1.807) is 36.7 Å². The van der Waals surface area contributed by atoms with Crippen molar-refractivity contribution in [1.29, 1.82) is 0 Å². The molecule has 1 aliphatic heterocycles. The maximum Gasteiger partial charge on any atom is 0.316 e. The van der Waals surface area contributed by atoms with Gasteiger partial charge in [0.2, 0.25) is 0 Å². The average Bonchev–Trinajstić information content (AvgIpc) is 3.32. The number of nitrogens with zero attached hydrogens (tertiary/aromatic N) is 5. The number of piperazine rings is 1. The molecule has 41 heavy (non-hydrogen) atoms. The number of hydrogen-bond donors (Lipinski definition) is 2. The van der Waals surface area contributed by atoms with Crippen molar-refractivity contribution < 1.29 is 14.3 Å². The SMILES string of the molecule is COc1ncc2c(N3C[C@@H](C)N[C@@H](C)C3)ccc(C(=O)Nc3cc(Oc4cccc(Cl)c4)c4nc(C)cn4c3)c2n1. The lowest BCUT2D eigenvalue weighted by Gasteiger charge is -2.38. The van der Waals surface area contributed by atoms with Crippen LogP contribution < -0.4 is 25.0 Å². The van der Waals surface area contributed by atoms with Crippen LogP contribution in [0.1, 0.15) is 29.9 Å². The Morgan fingerprint density at radius 1 is 1.10 bits per heavy atom. The molecule has 0 spiro atoms. The summed E-state index contributed by atoms with van der Waals surface area (Å²) in [4.78, 5) is 29.6. The molecule has 1 saturated heterocycles. The number of aromatic nitrogens is 4. The predicted molar refractivity (Wildman–Crippen MR) is 160 cm³/mol. The molecule has 6 rings (SSSR count). The maximum absolute atomic E-state index is 13.8. The van der Waals surface area contributed by atoms with Crippen LogP contribution >= 0.6 is 11.6 Å².